The fraction of sp³-hybridized carbons (Fsp3) is 0.500. The van der Waals surface area contributed by atoms with E-state index in [-0.39, 0.29) is 17.4 Å². The monoisotopic (exact) mass is 329 g/mol. The number of amides is 2. The number of hydrogen-bond donors (Lipinski definition) is 1. The first kappa shape index (κ1) is 16.4. The summed E-state index contributed by atoms with van der Waals surface area (Å²) in [6, 6.07) is 6.04. The molecule has 2 aliphatic rings. The van der Waals surface area contributed by atoms with Gasteiger partial charge >= 0.3 is 0 Å². The molecule has 0 radical (unpaired) electrons. The average molecular weight is 329 g/mol. The van der Waals surface area contributed by atoms with Gasteiger partial charge in [-0.1, -0.05) is 0 Å². The fourth-order valence-electron chi connectivity index (χ4n) is 3.28. The molecule has 3 rings (SSSR count). The molecule has 1 aromatic rings. The topological polar surface area (TPSA) is 73.2 Å². The highest BCUT2D eigenvalue weighted by Crippen LogP contribution is 2.48. The molecule has 1 heterocycles. The van der Waals surface area contributed by atoms with Crippen LogP contribution in [0.25, 0.3) is 0 Å². The van der Waals surface area contributed by atoms with Crippen molar-refractivity contribution in [2.45, 2.75) is 37.5 Å². The molecule has 0 spiro atoms. The molecule has 0 aromatic heterocycles. The number of likely N-dealkylation sites (tertiary alicyclic amines) is 1. The largest absolute Gasteiger partial charge is 0.355 e. The van der Waals surface area contributed by atoms with Gasteiger partial charge in [0.2, 0.25) is 11.8 Å². The SMILES string of the molecule is N#Cc1cc(F)cc(C2(C(=O)NCCCN3CCCC3=O)CC2)c1. The van der Waals surface area contributed by atoms with Gasteiger partial charge in [0, 0.05) is 26.1 Å². The molecular formula is C18H20FN3O2. The third-order valence-corrected chi connectivity index (χ3v) is 4.83. The van der Waals surface area contributed by atoms with Crippen LogP contribution >= 0.6 is 0 Å². The molecule has 1 saturated carbocycles. The Morgan fingerprint density at radius 1 is 1.38 bits per heavy atom. The zero-order chi connectivity index (χ0) is 17.2. The van der Waals surface area contributed by atoms with Crippen molar-refractivity contribution >= 4 is 11.8 Å². The second kappa shape index (κ2) is 6.60. The third-order valence-electron chi connectivity index (χ3n) is 4.83. The lowest BCUT2D eigenvalue weighted by molar-refractivity contribution is -0.127. The highest BCUT2D eigenvalue weighted by molar-refractivity contribution is 5.91. The maximum atomic E-state index is 13.6. The summed E-state index contributed by atoms with van der Waals surface area (Å²) in [4.78, 5) is 25.9. The van der Waals surface area contributed by atoms with Crippen LogP contribution in [0, 0.1) is 17.1 Å². The minimum Gasteiger partial charge on any atom is -0.355 e. The Morgan fingerprint density at radius 2 is 2.17 bits per heavy atom. The van der Waals surface area contributed by atoms with Crippen molar-refractivity contribution in [2.24, 2.45) is 0 Å². The lowest BCUT2D eigenvalue weighted by Crippen LogP contribution is -2.37. The predicted octanol–water partition coefficient (Wildman–Crippen LogP) is 1.86. The van der Waals surface area contributed by atoms with Crippen LogP contribution in [0.2, 0.25) is 0 Å². The summed E-state index contributed by atoms with van der Waals surface area (Å²) in [6.07, 6.45) is 3.57. The second-order valence-electron chi connectivity index (χ2n) is 6.52. The maximum absolute atomic E-state index is 13.6. The molecule has 6 heteroatoms. The predicted molar refractivity (Wildman–Crippen MR) is 85.5 cm³/mol. The van der Waals surface area contributed by atoms with Gasteiger partial charge in [0.05, 0.1) is 17.0 Å². The first-order valence-electron chi connectivity index (χ1n) is 8.32. The van der Waals surface area contributed by atoms with Gasteiger partial charge in [0.15, 0.2) is 0 Å². The lowest BCUT2D eigenvalue weighted by atomic mass is 9.93. The molecule has 0 atom stereocenters. The summed E-state index contributed by atoms with van der Waals surface area (Å²) in [5, 5.41) is 11.9. The Labute approximate surface area is 140 Å². The van der Waals surface area contributed by atoms with Gasteiger partial charge < -0.3 is 10.2 Å². The molecule has 2 amide bonds. The van der Waals surface area contributed by atoms with E-state index in [4.69, 9.17) is 5.26 Å². The van der Waals surface area contributed by atoms with Crippen LogP contribution in [0.4, 0.5) is 4.39 Å². The molecule has 1 N–H and O–H groups in total. The van der Waals surface area contributed by atoms with E-state index < -0.39 is 11.2 Å². The number of hydrogen-bond acceptors (Lipinski definition) is 3. The Kier molecular flexibility index (Phi) is 4.52. The van der Waals surface area contributed by atoms with Crippen LogP contribution in [0.15, 0.2) is 18.2 Å². The Bertz CT molecular complexity index is 707. The second-order valence-corrected chi connectivity index (χ2v) is 6.52. The Balaban J connectivity index is 1.56. The zero-order valence-electron chi connectivity index (χ0n) is 13.5. The summed E-state index contributed by atoms with van der Waals surface area (Å²) in [5.74, 6) is -0.427. The summed E-state index contributed by atoms with van der Waals surface area (Å²) in [5.41, 5.74) is 0.111. The van der Waals surface area contributed by atoms with Gasteiger partial charge in [-0.25, -0.2) is 4.39 Å². The van der Waals surface area contributed by atoms with E-state index in [2.05, 4.69) is 5.32 Å². The van der Waals surface area contributed by atoms with Crippen LogP contribution in [-0.2, 0) is 15.0 Å². The van der Waals surface area contributed by atoms with Crippen LogP contribution in [0.3, 0.4) is 0 Å². The van der Waals surface area contributed by atoms with E-state index in [9.17, 15) is 14.0 Å². The molecule has 24 heavy (non-hydrogen) atoms. The van der Waals surface area contributed by atoms with Gasteiger partial charge in [-0.15, -0.1) is 0 Å². The van der Waals surface area contributed by atoms with Crippen LogP contribution in [0.1, 0.15) is 43.2 Å². The zero-order valence-corrected chi connectivity index (χ0v) is 13.5. The summed E-state index contributed by atoms with van der Waals surface area (Å²) >= 11 is 0. The molecule has 0 unspecified atom stereocenters. The van der Waals surface area contributed by atoms with Crippen molar-refractivity contribution in [3.63, 3.8) is 0 Å². The molecule has 1 aliphatic heterocycles. The van der Waals surface area contributed by atoms with E-state index in [1.54, 1.807) is 6.07 Å². The highest BCUT2D eigenvalue weighted by Gasteiger charge is 2.51. The Morgan fingerprint density at radius 3 is 2.79 bits per heavy atom. The molecule has 0 bridgehead atoms. The molecule has 1 aliphatic carbocycles. The minimum atomic E-state index is -0.697. The maximum Gasteiger partial charge on any atom is 0.230 e. The molecule has 126 valence electrons. The number of nitrogens with zero attached hydrogens (tertiary/aromatic N) is 2. The van der Waals surface area contributed by atoms with Gasteiger partial charge in [-0.3, -0.25) is 9.59 Å². The summed E-state index contributed by atoms with van der Waals surface area (Å²) in [7, 11) is 0. The number of carbonyl (C=O) groups excluding carboxylic acids is 2. The van der Waals surface area contributed by atoms with E-state index in [0.717, 1.165) is 13.0 Å². The van der Waals surface area contributed by atoms with Crippen LogP contribution < -0.4 is 5.32 Å². The van der Waals surface area contributed by atoms with Crippen molar-refractivity contribution in [3.05, 3.63) is 35.1 Å². The normalized spacial score (nSPS) is 18.3. The molecule has 1 aromatic carbocycles. The van der Waals surface area contributed by atoms with Crippen molar-refractivity contribution in [1.29, 1.82) is 5.26 Å². The van der Waals surface area contributed by atoms with E-state index >= 15 is 0 Å². The highest BCUT2D eigenvalue weighted by atomic mass is 19.1. The fourth-order valence-corrected chi connectivity index (χ4v) is 3.28. The first-order chi connectivity index (χ1) is 11.5. The number of rotatable bonds is 6. The number of benzene rings is 1. The third kappa shape index (κ3) is 3.25. The number of nitriles is 1. The average Bonchev–Trinajstić information content (AvgIpc) is 3.29. The van der Waals surface area contributed by atoms with Crippen molar-refractivity contribution < 1.29 is 14.0 Å². The summed E-state index contributed by atoms with van der Waals surface area (Å²) < 4.78 is 13.6. The Hall–Kier alpha value is -2.42. The first-order valence-corrected chi connectivity index (χ1v) is 8.32. The van der Waals surface area contributed by atoms with Crippen molar-refractivity contribution in [2.75, 3.05) is 19.6 Å². The smallest absolute Gasteiger partial charge is 0.230 e. The van der Waals surface area contributed by atoms with E-state index in [1.807, 2.05) is 11.0 Å². The van der Waals surface area contributed by atoms with Gasteiger partial charge in [0.1, 0.15) is 5.82 Å². The molecule has 1 saturated heterocycles. The van der Waals surface area contributed by atoms with Crippen molar-refractivity contribution in [1.82, 2.24) is 10.2 Å². The number of halogens is 1. The molecule has 2 fully saturated rings. The number of nitrogens with one attached hydrogen (secondary N) is 1. The van der Waals surface area contributed by atoms with Gasteiger partial charge in [-0.05, 0) is 49.4 Å². The van der Waals surface area contributed by atoms with Gasteiger partial charge in [0.25, 0.3) is 0 Å². The lowest BCUT2D eigenvalue weighted by Gasteiger charge is -2.18. The molecular weight excluding hydrogens is 309 g/mol. The van der Waals surface area contributed by atoms with Crippen molar-refractivity contribution in [3.8, 4) is 6.07 Å². The van der Waals surface area contributed by atoms with E-state index in [0.29, 0.717) is 44.3 Å². The van der Waals surface area contributed by atoms with Gasteiger partial charge in [-0.2, -0.15) is 5.26 Å². The van der Waals surface area contributed by atoms with Crippen LogP contribution in [-0.4, -0.2) is 36.3 Å². The molecule has 5 nitrogen and oxygen atoms in total. The summed E-state index contributed by atoms with van der Waals surface area (Å²) in [6.45, 7) is 1.95. The van der Waals surface area contributed by atoms with E-state index in [1.165, 1.54) is 12.1 Å². The minimum absolute atomic E-state index is 0.121. The quantitative estimate of drug-likeness (QED) is 0.810. The number of carbonyl (C=O) groups is 2. The van der Waals surface area contributed by atoms with Crippen LogP contribution in [0.5, 0.6) is 0 Å². The standard InChI is InChI=1S/C18H20FN3O2/c19-15-10-13(12-20)9-14(11-15)18(4-5-18)17(24)21-6-2-8-22-7-1-3-16(22)23/h9-11H,1-8H2,(H,21,24).